The van der Waals surface area contributed by atoms with Crippen LogP contribution in [0.15, 0.2) is 30.3 Å². The van der Waals surface area contributed by atoms with Gasteiger partial charge in [0.25, 0.3) is 0 Å². The Bertz CT molecular complexity index is 575. The van der Waals surface area contributed by atoms with E-state index in [2.05, 4.69) is 11.4 Å². The van der Waals surface area contributed by atoms with E-state index in [1.165, 1.54) is 0 Å². The molecule has 0 heterocycles. The lowest BCUT2D eigenvalue weighted by Gasteiger charge is -2.33. The minimum atomic E-state index is -0.539. The van der Waals surface area contributed by atoms with Gasteiger partial charge in [-0.1, -0.05) is 29.8 Å². The van der Waals surface area contributed by atoms with Crippen molar-refractivity contribution in [2.45, 2.75) is 45.3 Å². The highest BCUT2D eigenvalue weighted by Crippen LogP contribution is 2.33. The van der Waals surface area contributed by atoms with E-state index >= 15 is 0 Å². The van der Waals surface area contributed by atoms with Crippen molar-refractivity contribution >= 4 is 23.3 Å². The predicted octanol–water partition coefficient (Wildman–Crippen LogP) is 4.02. The minimum absolute atomic E-state index is 0.0328. The van der Waals surface area contributed by atoms with Crippen LogP contribution >= 0.6 is 11.6 Å². The lowest BCUT2D eigenvalue weighted by molar-refractivity contribution is 0.0479. The number of allylic oxidation sites excluding steroid dienone is 1. The Kier molecular flexibility index (Phi) is 5.71. The Morgan fingerprint density at radius 2 is 2.00 bits per heavy atom. The Morgan fingerprint density at radius 1 is 1.35 bits per heavy atom. The summed E-state index contributed by atoms with van der Waals surface area (Å²) in [7, 11) is 0. The third-order valence-corrected chi connectivity index (χ3v) is 4.06. The fourth-order valence-electron chi connectivity index (χ4n) is 2.82. The van der Waals surface area contributed by atoms with Crippen LogP contribution in [0.4, 0.5) is 4.79 Å². The zero-order chi connectivity index (χ0) is 17.0. The van der Waals surface area contributed by atoms with Crippen LogP contribution in [0.5, 0.6) is 0 Å². The number of hydrogen-bond donors (Lipinski definition) is 2. The molecule has 2 N–H and O–H groups in total. The van der Waals surface area contributed by atoms with Crippen molar-refractivity contribution in [3.05, 3.63) is 40.9 Å². The number of halogens is 1. The van der Waals surface area contributed by atoms with Gasteiger partial charge in [0.05, 0.1) is 6.61 Å². The zero-order valence-electron chi connectivity index (χ0n) is 13.8. The molecule has 1 unspecified atom stereocenters. The number of aliphatic hydroxyl groups excluding tert-OH is 1. The normalized spacial score (nSPS) is 21.5. The average Bonchev–Trinajstić information content (AvgIpc) is 2.46. The van der Waals surface area contributed by atoms with Gasteiger partial charge in [-0.15, -0.1) is 0 Å². The molecule has 1 aliphatic carbocycles. The first-order chi connectivity index (χ1) is 10.8. The molecule has 1 amide bonds. The number of rotatable bonds is 3. The molecule has 126 valence electrons. The highest BCUT2D eigenvalue weighted by molar-refractivity contribution is 6.30. The number of aliphatic hydroxyl groups is 1. The molecule has 1 aliphatic rings. The summed E-state index contributed by atoms with van der Waals surface area (Å²) >= 11 is 5.94. The Labute approximate surface area is 142 Å². The highest BCUT2D eigenvalue weighted by Gasteiger charge is 2.30. The second-order valence-corrected chi connectivity index (χ2v) is 7.22. The van der Waals surface area contributed by atoms with Crippen molar-refractivity contribution in [3.8, 4) is 0 Å². The lowest BCUT2D eigenvalue weighted by Crippen LogP contribution is -2.45. The van der Waals surface area contributed by atoms with Gasteiger partial charge in [0, 0.05) is 17.0 Å². The molecule has 0 bridgehead atoms. The van der Waals surface area contributed by atoms with Gasteiger partial charge < -0.3 is 15.2 Å². The summed E-state index contributed by atoms with van der Waals surface area (Å²) in [4.78, 5) is 12.0. The standard InChI is InChI=1S/C18H24ClNO3/c1-18(2,3)23-17(22)20-16-6-4-5-14(15(16)11-21)12-7-9-13(19)10-8-12/h5,7-10,15-16,21H,4,6,11H2,1-3H3,(H,20,22)/t15-,16?/m0/s1. The largest absolute Gasteiger partial charge is 0.444 e. The van der Waals surface area contributed by atoms with Gasteiger partial charge in [-0.3, -0.25) is 0 Å². The molecule has 5 heteroatoms. The summed E-state index contributed by atoms with van der Waals surface area (Å²) in [5.41, 5.74) is 1.52. The van der Waals surface area contributed by atoms with Gasteiger partial charge in [0.15, 0.2) is 0 Å². The van der Waals surface area contributed by atoms with E-state index in [1.807, 2.05) is 45.0 Å². The van der Waals surface area contributed by atoms with Gasteiger partial charge in [0.2, 0.25) is 0 Å². The first-order valence-corrected chi connectivity index (χ1v) is 8.24. The minimum Gasteiger partial charge on any atom is -0.444 e. The van der Waals surface area contributed by atoms with Gasteiger partial charge in [-0.2, -0.15) is 0 Å². The molecule has 2 rings (SSSR count). The van der Waals surface area contributed by atoms with Crippen molar-refractivity contribution in [3.63, 3.8) is 0 Å². The number of hydrogen-bond acceptors (Lipinski definition) is 3. The second kappa shape index (κ2) is 7.37. The topological polar surface area (TPSA) is 58.6 Å². The molecule has 2 atom stereocenters. The van der Waals surface area contributed by atoms with Crippen molar-refractivity contribution in [2.75, 3.05) is 6.61 Å². The molecule has 4 nitrogen and oxygen atoms in total. The number of amides is 1. The van der Waals surface area contributed by atoms with E-state index < -0.39 is 11.7 Å². The van der Waals surface area contributed by atoms with Crippen molar-refractivity contribution < 1.29 is 14.6 Å². The van der Waals surface area contributed by atoms with E-state index in [1.54, 1.807) is 0 Å². The van der Waals surface area contributed by atoms with E-state index in [9.17, 15) is 9.90 Å². The molecular weight excluding hydrogens is 314 g/mol. The van der Waals surface area contributed by atoms with Crippen LogP contribution in [0.1, 0.15) is 39.2 Å². The summed E-state index contributed by atoms with van der Waals surface area (Å²) in [6.45, 7) is 5.46. The third kappa shape index (κ3) is 4.98. The number of alkyl carbamates (subject to hydrolysis) is 1. The summed E-state index contributed by atoms with van der Waals surface area (Å²) < 4.78 is 5.32. The van der Waals surface area contributed by atoms with E-state index in [0.717, 1.165) is 24.0 Å². The average molecular weight is 338 g/mol. The van der Waals surface area contributed by atoms with E-state index in [4.69, 9.17) is 16.3 Å². The third-order valence-electron chi connectivity index (χ3n) is 3.80. The van der Waals surface area contributed by atoms with Crippen molar-refractivity contribution in [1.29, 1.82) is 0 Å². The molecule has 0 aromatic heterocycles. The van der Waals surface area contributed by atoms with Crippen molar-refractivity contribution in [1.82, 2.24) is 5.32 Å². The SMILES string of the molecule is CC(C)(C)OC(=O)NC1CCC=C(c2ccc(Cl)cc2)[C@@H]1CO. The van der Waals surface area contributed by atoms with Crippen LogP contribution in [0.3, 0.4) is 0 Å². The summed E-state index contributed by atoms with van der Waals surface area (Å²) in [5.74, 6) is -0.155. The number of nitrogens with one attached hydrogen (secondary N) is 1. The van der Waals surface area contributed by atoms with Gasteiger partial charge >= 0.3 is 6.09 Å². The molecule has 1 aromatic rings. The maximum atomic E-state index is 12.0. The van der Waals surface area contributed by atoms with Crippen LogP contribution in [0.25, 0.3) is 5.57 Å². The van der Waals surface area contributed by atoms with E-state index in [-0.39, 0.29) is 18.6 Å². The molecule has 0 aliphatic heterocycles. The van der Waals surface area contributed by atoms with E-state index in [0.29, 0.717) is 5.02 Å². The fraction of sp³-hybridized carbons (Fsp3) is 0.500. The molecule has 0 saturated heterocycles. The number of carbonyl (C=O) groups excluding carboxylic acids is 1. The molecule has 0 spiro atoms. The Balaban J connectivity index is 2.13. The van der Waals surface area contributed by atoms with Crippen LogP contribution in [-0.4, -0.2) is 29.4 Å². The Morgan fingerprint density at radius 3 is 2.57 bits per heavy atom. The predicted molar refractivity (Wildman–Crippen MR) is 92.4 cm³/mol. The summed E-state index contributed by atoms with van der Waals surface area (Å²) in [6.07, 6.45) is 3.30. The molecule has 0 fully saturated rings. The number of benzene rings is 1. The molecule has 1 aromatic carbocycles. The maximum Gasteiger partial charge on any atom is 0.407 e. The molecule has 0 saturated carbocycles. The van der Waals surface area contributed by atoms with Gasteiger partial charge in [-0.05, 0) is 56.9 Å². The Hall–Kier alpha value is -1.52. The summed E-state index contributed by atoms with van der Waals surface area (Å²) in [6, 6.07) is 7.39. The zero-order valence-corrected chi connectivity index (χ0v) is 14.6. The first kappa shape index (κ1) is 17.8. The number of ether oxygens (including phenoxy) is 1. The van der Waals surface area contributed by atoms with Crippen LogP contribution in [0.2, 0.25) is 5.02 Å². The highest BCUT2D eigenvalue weighted by atomic mass is 35.5. The van der Waals surface area contributed by atoms with Gasteiger partial charge in [-0.25, -0.2) is 4.79 Å². The monoisotopic (exact) mass is 337 g/mol. The van der Waals surface area contributed by atoms with Crippen molar-refractivity contribution in [2.24, 2.45) is 5.92 Å². The first-order valence-electron chi connectivity index (χ1n) is 7.86. The number of carbonyl (C=O) groups is 1. The molecule has 23 heavy (non-hydrogen) atoms. The lowest BCUT2D eigenvalue weighted by atomic mass is 9.80. The molecule has 0 radical (unpaired) electrons. The molecular formula is C18H24ClNO3. The smallest absolute Gasteiger partial charge is 0.407 e. The quantitative estimate of drug-likeness (QED) is 0.875. The van der Waals surface area contributed by atoms with Crippen LogP contribution in [0, 0.1) is 5.92 Å². The van der Waals surface area contributed by atoms with Crippen LogP contribution in [-0.2, 0) is 4.74 Å². The van der Waals surface area contributed by atoms with Gasteiger partial charge in [0.1, 0.15) is 5.60 Å². The maximum absolute atomic E-state index is 12.0. The van der Waals surface area contributed by atoms with Crippen LogP contribution < -0.4 is 5.32 Å². The fourth-order valence-corrected chi connectivity index (χ4v) is 2.95. The second-order valence-electron chi connectivity index (χ2n) is 6.79. The summed E-state index contributed by atoms with van der Waals surface area (Å²) in [5, 5.41) is 13.4.